The highest BCUT2D eigenvalue weighted by molar-refractivity contribution is 7.09. The van der Waals surface area contributed by atoms with Gasteiger partial charge < -0.3 is 11.1 Å². The summed E-state index contributed by atoms with van der Waals surface area (Å²) >= 11 is 7.52. The first-order valence-corrected chi connectivity index (χ1v) is 6.65. The maximum absolute atomic E-state index is 11.9. The molecule has 0 unspecified atom stereocenters. The van der Waals surface area contributed by atoms with Gasteiger partial charge in [0.15, 0.2) is 0 Å². The van der Waals surface area contributed by atoms with Crippen molar-refractivity contribution in [2.24, 2.45) is 0 Å². The van der Waals surface area contributed by atoms with Crippen LogP contribution in [-0.4, -0.2) is 17.4 Å². The summed E-state index contributed by atoms with van der Waals surface area (Å²) in [6, 6.07) is 5.01. The summed E-state index contributed by atoms with van der Waals surface area (Å²) in [7, 11) is 0. The average Bonchev–Trinajstić information content (AvgIpc) is 2.82. The third kappa shape index (κ3) is 3.00. The van der Waals surface area contributed by atoms with Crippen LogP contribution >= 0.6 is 22.9 Å². The van der Waals surface area contributed by atoms with Crippen molar-refractivity contribution in [3.8, 4) is 0 Å². The molecule has 0 aliphatic rings. The SMILES string of the molecule is Nc1cccc(Cl)c1C(=O)NCCc1nccs1. The van der Waals surface area contributed by atoms with E-state index in [-0.39, 0.29) is 5.91 Å². The minimum absolute atomic E-state index is 0.255. The molecule has 4 nitrogen and oxygen atoms in total. The van der Waals surface area contributed by atoms with Gasteiger partial charge in [0, 0.05) is 30.2 Å². The van der Waals surface area contributed by atoms with Crippen molar-refractivity contribution >= 4 is 34.5 Å². The van der Waals surface area contributed by atoms with Gasteiger partial charge in [-0.05, 0) is 12.1 Å². The zero-order chi connectivity index (χ0) is 13.0. The van der Waals surface area contributed by atoms with E-state index in [0.717, 1.165) is 5.01 Å². The summed E-state index contributed by atoms with van der Waals surface area (Å²) in [6.45, 7) is 0.511. The van der Waals surface area contributed by atoms with E-state index in [1.165, 1.54) is 0 Å². The summed E-state index contributed by atoms with van der Waals surface area (Å²) in [5.41, 5.74) is 6.45. The molecule has 1 aromatic carbocycles. The molecular formula is C12H12ClN3OS. The molecule has 0 radical (unpaired) electrons. The van der Waals surface area contributed by atoms with Gasteiger partial charge in [0.05, 0.1) is 15.6 Å². The van der Waals surface area contributed by atoms with E-state index >= 15 is 0 Å². The van der Waals surface area contributed by atoms with Crippen molar-refractivity contribution < 1.29 is 4.79 Å². The number of hydrogen-bond donors (Lipinski definition) is 2. The first kappa shape index (κ1) is 12.9. The quantitative estimate of drug-likeness (QED) is 0.846. The number of thiazole rings is 1. The normalized spacial score (nSPS) is 10.3. The molecule has 1 aromatic heterocycles. The Hall–Kier alpha value is -1.59. The van der Waals surface area contributed by atoms with Crippen LogP contribution in [0.3, 0.4) is 0 Å². The van der Waals surface area contributed by atoms with E-state index in [9.17, 15) is 4.79 Å². The number of nitrogens with one attached hydrogen (secondary N) is 1. The lowest BCUT2D eigenvalue weighted by Crippen LogP contribution is -2.26. The number of carbonyl (C=O) groups excluding carboxylic acids is 1. The van der Waals surface area contributed by atoms with E-state index in [1.807, 2.05) is 5.38 Å². The Morgan fingerprint density at radius 3 is 3.00 bits per heavy atom. The molecule has 0 aliphatic heterocycles. The number of aromatic nitrogens is 1. The molecule has 6 heteroatoms. The predicted octanol–water partition coefficient (Wildman–Crippen LogP) is 2.35. The highest BCUT2D eigenvalue weighted by atomic mass is 35.5. The number of benzene rings is 1. The van der Waals surface area contributed by atoms with Crippen molar-refractivity contribution in [2.45, 2.75) is 6.42 Å². The second-order valence-electron chi connectivity index (χ2n) is 3.64. The van der Waals surface area contributed by atoms with Crippen LogP contribution in [0.25, 0.3) is 0 Å². The van der Waals surface area contributed by atoms with Gasteiger partial charge in [-0.3, -0.25) is 4.79 Å². The number of rotatable bonds is 4. The van der Waals surface area contributed by atoms with E-state index in [4.69, 9.17) is 17.3 Å². The molecule has 0 aliphatic carbocycles. The molecule has 18 heavy (non-hydrogen) atoms. The molecule has 2 rings (SSSR count). The Bertz CT molecular complexity index is 522. The van der Waals surface area contributed by atoms with Crippen LogP contribution < -0.4 is 11.1 Å². The van der Waals surface area contributed by atoms with Crippen LogP contribution in [0.1, 0.15) is 15.4 Å². The average molecular weight is 282 g/mol. The van der Waals surface area contributed by atoms with Crippen molar-refractivity contribution in [3.05, 3.63) is 45.4 Å². The second kappa shape index (κ2) is 5.84. The zero-order valence-corrected chi connectivity index (χ0v) is 11.1. The first-order chi connectivity index (χ1) is 8.68. The molecule has 0 atom stereocenters. The number of nitrogens with two attached hydrogens (primary N) is 1. The van der Waals surface area contributed by atoms with E-state index in [0.29, 0.717) is 29.2 Å². The van der Waals surface area contributed by atoms with Crippen molar-refractivity contribution in [1.29, 1.82) is 0 Å². The summed E-state index contributed by atoms with van der Waals surface area (Å²) in [5, 5.41) is 6.04. The fraction of sp³-hybridized carbons (Fsp3) is 0.167. The molecule has 0 bridgehead atoms. The molecular weight excluding hydrogens is 270 g/mol. The Morgan fingerprint density at radius 1 is 1.50 bits per heavy atom. The fourth-order valence-corrected chi connectivity index (χ4v) is 2.42. The standard InChI is InChI=1S/C12H12ClN3OS/c13-8-2-1-3-9(14)11(8)12(17)16-5-4-10-15-6-7-18-10/h1-3,6-7H,4-5,14H2,(H,16,17). The lowest BCUT2D eigenvalue weighted by atomic mass is 10.1. The van der Waals surface area contributed by atoms with Gasteiger partial charge in [-0.2, -0.15) is 0 Å². The number of hydrogen-bond acceptors (Lipinski definition) is 4. The number of amides is 1. The highest BCUT2D eigenvalue weighted by Gasteiger charge is 2.13. The van der Waals surface area contributed by atoms with Gasteiger partial charge in [-0.1, -0.05) is 17.7 Å². The van der Waals surface area contributed by atoms with Gasteiger partial charge in [0.1, 0.15) is 0 Å². The molecule has 0 spiro atoms. The fourth-order valence-electron chi connectivity index (χ4n) is 1.53. The lowest BCUT2D eigenvalue weighted by Gasteiger charge is -2.08. The second-order valence-corrected chi connectivity index (χ2v) is 5.02. The van der Waals surface area contributed by atoms with Gasteiger partial charge >= 0.3 is 0 Å². The first-order valence-electron chi connectivity index (χ1n) is 5.39. The summed E-state index contributed by atoms with van der Waals surface area (Å²) in [4.78, 5) is 16.1. The van der Waals surface area contributed by atoms with Crippen molar-refractivity contribution in [2.75, 3.05) is 12.3 Å². The van der Waals surface area contributed by atoms with Crippen molar-refractivity contribution in [3.63, 3.8) is 0 Å². The Labute approximate surface area is 114 Å². The molecule has 0 saturated heterocycles. The molecule has 94 valence electrons. The highest BCUT2D eigenvalue weighted by Crippen LogP contribution is 2.21. The Kier molecular flexibility index (Phi) is 4.17. The molecule has 3 N–H and O–H groups in total. The maximum Gasteiger partial charge on any atom is 0.254 e. The third-order valence-corrected chi connectivity index (χ3v) is 3.54. The van der Waals surface area contributed by atoms with E-state index in [2.05, 4.69) is 10.3 Å². The molecule has 0 saturated carbocycles. The molecule has 0 fully saturated rings. The minimum atomic E-state index is -0.255. The maximum atomic E-state index is 11.9. The van der Waals surface area contributed by atoms with Crippen LogP contribution in [-0.2, 0) is 6.42 Å². The van der Waals surface area contributed by atoms with Crippen molar-refractivity contribution in [1.82, 2.24) is 10.3 Å². The lowest BCUT2D eigenvalue weighted by molar-refractivity contribution is 0.0955. The largest absolute Gasteiger partial charge is 0.398 e. The topological polar surface area (TPSA) is 68.0 Å². The summed E-state index contributed by atoms with van der Waals surface area (Å²) in [6.07, 6.45) is 2.45. The zero-order valence-electron chi connectivity index (χ0n) is 9.52. The van der Waals surface area contributed by atoms with Crippen LogP contribution in [0.5, 0.6) is 0 Å². The van der Waals surface area contributed by atoms with Crippen LogP contribution in [0.2, 0.25) is 5.02 Å². The molecule has 2 aromatic rings. The van der Waals surface area contributed by atoms with Gasteiger partial charge in [0.25, 0.3) is 5.91 Å². The predicted molar refractivity (Wildman–Crippen MR) is 74.0 cm³/mol. The smallest absolute Gasteiger partial charge is 0.254 e. The number of nitrogens with zero attached hydrogens (tertiary/aromatic N) is 1. The van der Waals surface area contributed by atoms with Crippen LogP contribution in [0.4, 0.5) is 5.69 Å². The Morgan fingerprint density at radius 2 is 2.33 bits per heavy atom. The minimum Gasteiger partial charge on any atom is -0.398 e. The molecule has 1 amide bonds. The third-order valence-electron chi connectivity index (χ3n) is 2.38. The number of anilines is 1. The number of halogens is 1. The summed E-state index contributed by atoms with van der Waals surface area (Å²) in [5.74, 6) is -0.255. The number of nitrogen functional groups attached to an aromatic ring is 1. The molecule has 1 heterocycles. The van der Waals surface area contributed by atoms with E-state index in [1.54, 1.807) is 35.7 Å². The Balaban J connectivity index is 1.96. The van der Waals surface area contributed by atoms with Crippen LogP contribution in [0, 0.1) is 0 Å². The number of carbonyl (C=O) groups is 1. The van der Waals surface area contributed by atoms with Gasteiger partial charge in [-0.15, -0.1) is 11.3 Å². The van der Waals surface area contributed by atoms with E-state index < -0.39 is 0 Å². The van der Waals surface area contributed by atoms with Crippen LogP contribution in [0.15, 0.2) is 29.8 Å². The van der Waals surface area contributed by atoms with Gasteiger partial charge in [0.2, 0.25) is 0 Å². The van der Waals surface area contributed by atoms with Gasteiger partial charge in [-0.25, -0.2) is 4.98 Å². The monoisotopic (exact) mass is 281 g/mol. The summed E-state index contributed by atoms with van der Waals surface area (Å²) < 4.78 is 0.